The quantitative estimate of drug-likeness (QED) is 0.687. The Bertz CT molecular complexity index is 1000. The summed E-state index contributed by atoms with van der Waals surface area (Å²) in [6.45, 7) is 3.63. The van der Waals surface area contributed by atoms with Crippen LogP contribution in [0.2, 0.25) is 0 Å². The Morgan fingerprint density at radius 2 is 1.65 bits per heavy atom. The van der Waals surface area contributed by atoms with Crippen LogP contribution in [0.3, 0.4) is 0 Å². The van der Waals surface area contributed by atoms with Crippen molar-refractivity contribution in [2.45, 2.75) is 6.54 Å². The summed E-state index contributed by atoms with van der Waals surface area (Å²) >= 11 is 0. The van der Waals surface area contributed by atoms with Gasteiger partial charge in [0.15, 0.2) is 0 Å². The van der Waals surface area contributed by atoms with Crippen LogP contribution in [0.15, 0.2) is 79.1 Å². The second kappa shape index (κ2) is 9.86. The Balaban J connectivity index is 1.25. The number of ether oxygens (including phenoxy) is 1. The first-order valence-electron chi connectivity index (χ1n) is 10.2. The van der Waals surface area contributed by atoms with Crippen LogP contribution in [0.1, 0.15) is 15.9 Å². The number of carbonyl (C=O) groups excluding carboxylic acids is 2. The van der Waals surface area contributed by atoms with Gasteiger partial charge in [0, 0.05) is 56.4 Å². The van der Waals surface area contributed by atoms with E-state index in [0.717, 1.165) is 25.2 Å². The number of benzene rings is 2. The van der Waals surface area contributed by atoms with Gasteiger partial charge < -0.3 is 15.0 Å². The third-order valence-electron chi connectivity index (χ3n) is 5.11. The van der Waals surface area contributed by atoms with E-state index < -0.39 is 0 Å². The van der Waals surface area contributed by atoms with Crippen LogP contribution >= 0.6 is 0 Å². The first-order valence-corrected chi connectivity index (χ1v) is 10.2. The van der Waals surface area contributed by atoms with E-state index in [4.69, 9.17) is 4.74 Å². The van der Waals surface area contributed by atoms with E-state index in [1.54, 1.807) is 47.5 Å². The van der Waals surface area contributed by atoms with E-state index in [-0.39, 0.29) is 12.0 Å². The highest BCUT2D eigenvalue weighted by Gasteiger charge is 2.22. The molecule has 158 valence electrons. The number of hydrogen-bond donors (Lipinski definition) is 1. The SMILES string of the molecule is O=C(Nc1ccc(OC(=O)N2CCN(Cc3cccnc3)CC2)cc1)c1ccccc1. The van der Waals surface area contributed by atoms with Crippen LogP contribution in [-0.2, 0) is 6.54 Å². The van der Waals surface area contributed by atoms with Crippen molar-refractivity contribution in [2.24, 2.45) is 0 Å². The molecule has 31 heavy (non-hydrogen) atoms. The molecule has 1 N–H and O–H groups in total. The normalized spacial score (nSPS) is 14.1. The number of carbonyl (C=O) groups is 2. The zero-order valence-electron chi connectivity index (χ0n) is 17.1. The maximum absolute atomic E-state index is 12.5. The molecule has 0 saturated carbocycles. The van der Waals surface area contributed by atoms with Crippen LogP contribution in [0, 0.1) is 0 Å². The summed E-state index contributed by atoms with van der Waals surface area (Å²) in [4.78, 5) is 32.9. The van der Waals surface area contributed by atoms with Crippen LogP contribution in [-0.4, -0.2) is 53.0 Å². The van der Waals surface area contributed by atoms with Gasteiger partial charge in [-0.15, -0.1) is 0 Å². The third-order valence-corrected chi connectivity index (χ3v) is 5.11. The molecule has 7 nitrogen and oxygen atoms in total. The molecule has 1 aromatic heterocycles. The molecular weight excluding hydrogens is 392 g/mol. The first kappa shape index (κ1) is 20.6. The van der Waals surface area contributed by atoms with E-state index >= 15 is 0 Å². The highest BCUT2D eigenvalue weighted by Crippen LogP contribution is 2.18. The van der Waals surface area contributed by atoms with Gasteiger partial charge >= 0.3 is 6.09 Å². The largest absolute Gasteiger partial charge is 0.415 e. The van der Waals surface area contributed by atoms with Crippen molar-refractivity contribution in [3.05, 3.63) is 90.3 Å². The molecule has 0 aliphatic carbocycles. The Labute approximate surface area is 181 Å². The summed E-state index contributed by atoms with van der Waals surface area (Å²) in [7, 11) is 0. The maximum Gasteiger partial charge on any atom is 0.415 e. The molecule has 3 aromatic rings. The van der Waals surface area contributed by atoms with Crippen molar-refractivity contribution < 1.29 is 14.3 Å². The van der Waals surface area contributed by atoms with Crippen molar-refractivity contribution in [3.8, 4) is 5.75 Å². The number of amides is 2. The van der Waals surface area contributed by atoms with Gasteiger partial charge in [-0.2, -0.15) is 0 Å². The number of piperazine rings is 1. The van der Waals surface area contributed by atoms with Crippen LogP contribution in [0.4, 0.5) is 10.5 Å². The molecule has 2 heterocycles. The average molecular weight is 416 g/mol. The minimum atomic E-state index is -0.359. The molecule has 2 amide bonds. The second-order valence-corrected chi connectivity index (χ2v) is 7.34. The van der Waals surface area contributed by atoms with E-state index in [1.807, 2.05) is 30.5 Å². The fourth-order valence-corrected chi connectivity index (χ4v) is 3.40. The first-order chi connectivity index (χ1) is 15.2. The highest BCUT2D eigenvalue weighted by molar-refractivity contribution is 6.04. The molecule has 0 radical (unpaired) electrons. The minimum Gasteiger partial charge on any atom is -0.410 e. The minimum absolute atomic E-state index is 0.186. The number of aromatic nitrogens is 1. The number of anilines is 1. The summed E-state index contributed by atoms with van der Waals surface area (Å²) in [6.07, 6.45) is 3.27. The topological polar surface area (TPSA) is 74.8 Å². The fraction of sp³-hybridized carbons (Fsp3) is 0.208. The lowest BCUT2D eigenvalue weighted by molar-refractivity contribution is 0.102. The standard InChI is InChI=1S/C24H24N4O3/c29-23(20-6-2-1-3-7-20)26-21-8-10-22(11-9-21)31-24(30)28-15-13-27(14-16-28)18-19-5-4-12-25-17-19/h1-12,17H,13-16,18H2,(H,26,29). The van der Waals surface area contributed by atoms with Crippen LogP contribution in [0.25, 0.3) is 0 Å². The van der Waals surface area contributed by atoms with Crippen molar-refractivity contribution in [2.75, 3.05) is 31.5 Å². The summed E-state index contributed by atoms with van der Waals surface area (Å²) < 4.78 is 5.50. The molecule has 0 unspecified atom stereocenters. The molecule has 7 heteroatoms. The van der Waals surface area contributed by atoms with Crippen molar-refractivity contribution in [1.29, 1.82) is 0 Å². The molecule has 2 aromatic carbocycles. The van der Waals surface area contributed by atoms with E-state index in [1.165, 1.54) is 0 Å². The lowest BCUT2D eigenvalue weighted by Crippen LogP contribution is -2.49. The Morgan fingerprint density at radius 3 is 2.32 bits per heavy atom. The molecule has 1 aliphatic rings. The smallest absolute Gasteiger partial charge is 0.410 e. The number of hydrogen-bond acceptors (Lipinski definition) is 5. The molecule has 1 saturated heterocycles. The van der Waals surface area contributed by atoms with Gasteiger partial charge in [0.25, 0.3) is 5.91 Å². The number of nitrogens with zero attached hydrogens (tertiary/aromatic N) is 3. The molecule has 4 rings (SSSR count). The Kier molecular flexibility index (Phi) is 6.54. The third kappa shape index (κ3) is 5.67. The second-order valence-electron chi connectivity index (χ2n) is 7.34. The summed E-state index contributed by atoms with van der Waals surface area (Å²) in [6, 6.07) is 19.8. The van der Waals surface area contributed by atoms with Gasteiger partial charge in [-0.3, -0.25) is 14.7 Å². The maximum atomic E-state index is 12.5. The van der Waals surface area contributed by atoms with Crippen LogP contribution in [0.5, 0.6) is 5.75 Å². The lowest BCUT2D eigenvalue weighted by atomic mass is 10.2. The fourth-order valence-electron chi connectivity index (χ4n) is 3.40. The van der Waals surface area contributed by atoms with E-state index in [2.05, 4.69) is 21.3 Å². The zero-order valence-corrected chi connectivity index (χ0v) is 17.1. The molecule has 1 aliphatic heterocycles. The van der Waals surface area contributed by atoms with Gasteiger partial charge in [-0.05, 0) is 48.0 Å². The molecular formula is C24H24N4O3. The monoisotopic (exact) mass is 416 g/mol. The van der Waals surface area contributed by atoms with Crippen molar-refractivity contribution in [3.63, 3.8) is 0 Å². The Morgan fingerprint density at radius 1 is 0.903 bits per heavy atom. The predicted molar refractivity (Wildman–Crippen MR) is 118 cm³/mol. The highest BCUT2D eigenvalue weighted by atomic mass is 16.6. The summed E-state index contributed by atoms with van der Waals surface area (Å²) in [5, 5.41) is 2.83. The number of rotatable bonds is 5. The molecule has 0 atom stereocenters. The zero-order chi connectivity index (χ0) is 21.5. The molecule has 0 bridgehead atoms. The van der Waals surface area contributed by atoms with Crippen molar-refractivity contribution in [1.82, 2.24) is 14.8 Å². The lowest BCUT2D eigenvalue weighted by Gasteiger charge is -2.33. The average Bonchev–Trinajstić information content (AvgIpc) is 2.82. The Hall–Kier alpha value is -3.71. The summed E-state index contributed by atoms with van der Waals surface area (Å²) in [5.41, 5.74) is 2.39. The number of pyridine rings is 1. The summed E-state index contributed by atoms with van der Waals surface area (Å²) in [5.74, 6) is 0.259. The van der Waals surface area contributed by atoms with Gasteiger partial charge in [-0.1, -0.05) is 24.3 Å². The van der Waals surface area contributed by atoms with Gasteiger partial charge in [0.2, 0.25) is 0 Å². The van der Waals surface area contributed by atoms with Gasteiger partial charge in [0.05, 0.1) is 0 Å². The number of nitrogens with one attached hydrogen (secondary N) is 1. The van der Waals surface area contributed by atoms with E-state index in [9.17, 15) is 9.59 Å². The van der Waals surface area contributed by atoms with Crippen LogP contribution < -0.4 is 10.1 Å². The van der Waals surface area contributed by atoms with Crippen molar-refractivity contribution >= 4 is 17.7 Å². The van der Waals surface area contributed by atoms with Gasteiger partial charge in [-0.25, -0.2) is 4.79 Å². The predicted octanol–water partition coefficient (Wildman–Crippen LogP) is 3.65. The van der Waals surface area contributed by atoms with Gasteiger partial charge in [0.1, 0.15) is 5.75 Å². The van der Waals surface area contributed by atoms with E-state index in [0.29, 0.717) is 30.1 Å². The molecule has 0 spiro atoms. The molecule has 1 fully saturated rings.